The van der Waals surface area contributed by atoms with Crippen LogP contribution in [0.2, 0.25) is 5.02 Å². The summed E-state index contributed by atoms with van der Waals surface area (Å²) < 4.78 is 0. The zero-order valence-electron chi connectivity index (χ0n) is 10.4. The first kappa shape index (κ1) is 13.5. The first-order chi connectivity index (χ1) is 7.63. The van der Waals surface area contributed by atoms with Gasteiger partial charge in [0.1, 0.15) is 0 Å². The zero-order valence-corrected chi connectivity index (χ0v) is 11.1. The van der Waals surface area contributed by atoms with Crippen molar-refractivity contribution in [2.45, 2.75) is 20.4 Å². The molecule has 1 rings (SSSR count). The molecule has 0 heterocycles. The smallest absolute Gasteiger partial charge is 0.0408 e. The van der Waals surface area contributed by atoms with Crippen molar-refractivity contribution >= 4 is 11.6 Å². The molecule has 1 N–H and O–H groups in total. The van der Waals surface area contributed by atoms with Crippen molar-refractivity contribution in [1.82, 2.24) is 10.2 Å². The highest BCUT2D eigenvalue weighted by Crippen LogP contribution is 2.14. The summed E-state index contributed by atoms with van der Waals surface area (Å²) >= 11 is 5.91. The standard InChI is InChI=1S/C13H21ClN2/c1-4-16(3)8-7-15-10-12-5-6-13(14)9-11(12)2/h5-6,9,15H,4,7-8,10H2,1-3H3. The van der Waals surface area contributed by atoms with Gasteiger partial charge in [-0.05, 0) is 43.8 Å². The number of rotatable bonds is 6. The SMILES string of the molecule is CCN(C)CCNCc1ccc(Cl)cc1C. The summed E-state index contributed by atoms with van der Waals surface area (Å²) in [5, 5.41) is 4.25. The first-order valence-electron chi connectivity index (χ1n) is 5.77. The Morgan fingerprint density at radius 1 is 1.38 bits per heavy atom. The lowest BCUT2D eigenvalue weighted by Crippen LogP contribution is -2.28. The number of hydrogen-bond donors (Lipinski definition) is 1. The lowest BCUT2D eigenvalue weighted by Gasteiger charge is -2.14. The number of hydrogen-bond acceptors (Lipinski definition) is 2. The quantitative estimate of drug-likeness (QED) is 0.770. The average molecular weight is 241 g/mol. The molecule has 2 nitrogen and oxygen atoms in total. The highest BCUT2D eigenvalue weighted by Gasteiger charge is 1.99. The van der Waals surface area contributed by atoms with Crippen LogP contribution in [0.5, 0.6) is 0 Å². The van der Waals surface area contributed by atoms with E-state index in [9.17, 15) is 0 Å². The molecule has 0 saturated heterocycles. The van der Waals surface area contributed by atoms with Gasteiger partial charge >= 0.3 is 0 Å². The second-order valence-corrected chi connectivity index (χ2v) is 4.58. The minimum Gasteiger partial charge on any atom is -0.311 e. The van der Waals surface area contributed by atoms with E-state index in [2.05, 4.69) is 37.2 Å². The van der Waals surface area contributed by atoms with Crippen molar-refractivity contribution in [3.05, 3.63) is 34.3 Å². The molecule has 0 spiro atoms. The maximum Gasteiger partial charge on any atom is 0.0408 e. The van der Waals surface area contributed by atoms with Gasteiger partial charge in [-0.15, -0.1) is 0 Å². The van der Waals surface area contributed by atoms with E-state index in [4.69, 9.17) is 11.6 Å². The molecule has 0 aliphatic heterocycles. The third-order valence-corrected chi connectivity index (χ3v) is 3.07. The van der Waals surface area contributed by atoms with Gasteiger partial charge in [-0.2, -0.15) is 0 Å². The summed E-state index contributed by atoms with van der Waals surface area (Å²) in [5.74, 6) is 0. The molecule has 0 amide bonds. The van der Waals surface area contributed by atoms with Gasteiger partial charge in [0.2, 0.25) is 0 Å². The van der Waals surface area contributed by atoms with Crippen molar-refractivity contribution < 1.29 is 0 Å². The Morgan fingerprint density at radius 2 is 2.12 bits per heavy atom. The van der Waals surface area contributed by atoms with Gasteiger partial charge in [0.25, 0.3) is 0 Å². The predicted octanol–water partition coefficient (Wildman–Crippen LogP) is 2.69. The minimum absolute atomic E-state index is 0.812. The molecule has 0 aliphatic carbocycles. The number of likely N-dealkylation sites (N-methyl/N-ethyl adjacent to an activating group) is 1. The number of halogens is 1. The van der Waals surface area contributed by atoms with Crippen molar-refractivity contribution in [1.29, 1.82) is 0 Å². The van der Waals surface area contributed by atoms with E-state index < -0.39 is 0 Å². The van der Waals surface area contributed by atoms with Crippen LogP contribution < -0.4 is 5.32 Å². The number of nitrogens with one attached hydrogen (secondary N) is 1. The van der Waals surface area contributed by atoms with Gasteiger partial charge in [-0.3, -0.25) is 0 Å². The van der Waals surface area contributed by atoms with Gasteiger partial charge in [0.15, 0.2) is 0 Å². The largest absolute Gasteiger partial charge is 0.311 e. The molecule has 0 atom stereocenters. The topological polar surface area (TPSA) is 15.3 Å². The molecule has 16 heavy (non-hydrogen) atoms. The lowest BCUT2D eigenvalue weighted by molar-refractivity contribution is 0.349. The third-order valence-electron chi connectivity index (χ3n) is 2.83. The van der Waals surface area contributed by atoms with Crippen LogP contribution in [-0.2, 0) is 6.54 Å². The second-order valence-electron chi connectivity index (χ2n) is 4.14. The molecule has 0 aliphatic rings. The third kappa shape index (κ3) is 4.52. The van der Waals surface area contributed by atoms with Crippen LogP contribution in [0.4, 0.5) is 0 Å². The molecule has 3 heteroatoms. The van der Waals surface area contributed by atoms with Crippen LogP contribution >= 0.6 is 11.6 Å². The van der Waals surface area contributed by atoms with Crippen LogP contribution in [0.15, 0.2) is 18.2 Å². The Morgan fingerprint density at radius 3 is 2.75 bits per heavy atom. The first-order valence-corrected chi connectivity index (χ1v) is 6.15. The van der Waals surface area contributed by atoms with Crippen molar-refractivity contribution in [3.8, 4) is 0 Å². The van der Waals surface area contributed by atoms with Gasteiger partial charge in [0.05, 0.1) is 0 Å². The molecular formula is C13H21ClN2. The fraction of sp³-hybridized carbons (Fsp3) is 0.538. The second kappa shape index (κ2) is 6.89. The molecular weight excluding hydrogens is 220 g/mol. The Balaban J connectivity index is 2.32. The van der Waals surface area contributed by atoms with Crippen LogP contribution in [0.1, 0.15) is 18.1 Å². The summed E-state index contributed by atoms with van der Waals surface area (Å²) in [6, 6.07) is 6.05. The Hall–Kier alpha value is -0.570. The van der Waals surface area contributed by atoms with Crippen molar-refractivity contribution in [2.24, 2.45) is 0 Å². The van der Waals surface area contributed by atoms with E-state index in [0.29, 0.717) is 0 Å². The molecule has 90 valence electrons. The highest BCUT2D eigenvalue weighted by atomic mass is 35.5. The summed E-state index contributed by atoms with van der Waals surface area (Å²) in [6.07, 6.45) is 0. The molecule has 1 aromatic carbocycles. The predicted molar refractivity (Wildman–Crippen MR) is 71.1 cm³/mol. The number of aryl methyl sites for hydroxylation is 1. The highest BCUT2D eigenvalue weighted by molar-refractivity contribution is 6.30. The molecule has 0 radical (unpaired) electrons. The van der Waals surface area contributed by atoms with E-state index in [1.54, 1.807) is 0 Å². The zero-order chi connectivity index (χ0) is 12.0. The van der Waals surface area contributed by atoms with Crippen LogP contribution in [-0.4, -0.2) is 31.6 Å². The molecule has 0 fully saturated rings. The number of nitrogens with zero attached hydrogens (tertiary/aromatic N) is 1. The monoisotopic (exact) mass is 240 g/mol. The molecule has 1 aromatic rings. The summed E-state index contributed by atoms with van der Waals surface area (Å²) in [7, 11) is 2.13. The van der Waals surface area contributed by atoms with E-state index >= 15 is 0 Å². The van der Waals surface area contributed by atoms with E-state index in [1.165, 1.54) is 11.1 Å². The fourth-order valence-corrected chi connectivity index (χ4v) is 1.74. The maximum atomic E-state index is 5.91. The maximum absolute atomic E-state index is 5.91. The summed E-state index contributed by atoms with van der Waals surface area (Å²) in [5.41, 5.74) is 2.58. The van der Waals surface area contributed by atoms with Gasteiger partial charge in [-0.25, -0.2) is 0 Å². The van der Waals surface area contributed by atoms with Crippen LogP contribution in [0.25, 0.3) is 0 Å². The van der Waals surface area contributed by atoms with Gasteiger partial charge in [-0.1, -0.05) is 24.6 Å². The Bertz CT molecular complexity index is 326. The Kier molecular flexibility index (Phi) is 5.81. The Labute approximate surface area is 104 Å². The van der Waals surface area contributed by atoms with Crippen molar-refractivity contribution in [2.75, 3.05) is 26.7 Å². The van der Waals surface area contributed by atoms with Gasteiger partial charge < -0.3 is 10.2 Å². The van der Waals surface area contributed by atoms with E-state index in [-0.39, 0.29) is 0 Å². The fourth-order valence-electron chi connectivity index (χ4n) is 1.51. The number of benzene rings is 1. The van der Waals surface area contributed by atoms with Gasteiger partial charge in [0, 0.05) is 24.7 Å². The molecule has 0 saturated carbocycles. The minimum atomic E-state index is 0.812. The van der Waals surface area contributed by atoms with Crippen LogP contribution in [0.3, 0.4) is 0 Å². The summed E-state index contributed by atoms with van der Waals surface area (Å²) in [6.45, 7) is 8.39. The summed E-state index contributed by atoms with van der Waals surface area (Å²) in [4.78, 5) is 2.29. The van der Waals surface area contributed by atoms with E-state index in [0.717, 1.165) is 31.2 Å². The molecule has 0 aromatic heterocycles. The average Bonchev–Trinajstić information content (AvgIpc) is 2.26. The lowest BCUT2D eigenvalue weighted by atomic mass is 10.1. The molecule has 0 unspecified atom stereocenters. The van der Waals surface area contributed by atoms with E-state index in [1.807, 2.05) is 12.1 Å². The molecule has 0 bridgehead atoms. The van der Waals surface area contributed by atoms with Crippen molar-refractivity contribution in [3.63, 3.8) is 0 Å². The van der Waals surface area contributed by atoms with Crippen LogP contribution in [0, 0.1) is 6.92 Å². The normalized spacial score (nSPS) is 11.1.